The Balaban J connectivity index is 1.29. The van der Waals surface area contributed by atoms with Gasteiger partial charge in [-0.05, 0) is 46.9 Å². The molecule has 5 nitrogen and oxygen atoms in total. The summed E-state index contributed by atoms with van der Waals surface area (Å²) < 4.78 is 28.3. The van der Waals surface area contributed by atoms with Gasteiger partial charge in [-0.2, -0.15) is 5.10 Å². The molecule has 5 rings (SSSR count). The minimum Gasteiger partial charge on any atom is -0.319 e. The minimum absolute atomic E-state index is 0.0132. The van der Waals surface area contributed by atoms with Gasteiger partial charge in [-0.1, -0.05) is 36.4 Å². The Morgan fingerprint density at radius 1 is 1.09 bits per heavy atom. The number of anilines is 1. The van der Waals surface area contributed by atoms with Gasteiger partial charge in [0.1, 0.15) is 11.6 Å². The number of allylic oxidation sites excluding steroid dienone is 3. The highest BCUT2D eigenvalue weighted by Crippen LogP contribution is 2.32. The van der Waals surface area contributed by atoms with E-state index >= 15 is 0 Å². The van der Waals surface area contributed by atoms with E-state index in [0.29, 0.717) is 28.8 Å². The van der Waals surface area contributed by atoms with E-state index in [1.165, 1.54) is 23.0 Å². The molecule has 2 aliphatic rings. The molecule has 0 unspecified atom stereocenters. The predicted molar refractivity (Wildman–Crippen MR) is 120 cm³/mol. The fourth-order valence-electron chi connectivity index (χ4n) is 4.10. The average Bonchev–Trinajstić information content (AvgIpc) is 3.39. The van der Waals surface area contributed by atoms with Crippen LogP contribution in [-0.4, -0.2) is 21.5 Å². The normalized spacial score (nSPS) is 15.0. The summed E-state index contributed by atoms with van der Waals surface area (Å²) in [7, 11) is 0. The Kier molecular flexibility index (Phi) is 5.30. The van der Waals surface area contributed by atoms with Crippen LogP contribution in [0.4, 0.5) is 14.5 Å². The van der Waals surface area contributed by atoms with Crippen molar-refractivity contribution in [2.24, 2.45) is 0 Å². The molecule has 0 saturated carbocycles. The number of halogens is 2. The third-order valence-corrected chi connectivity index (χ3v) is 5.64. The Labute approximate surface area is 188 Å². The smallest absolute Gasteiger partial charge is 0.255 e. The van der Waals surface area contributed by atoms with Gasteiger partial charge in [0, 0.05) is 29.8 Å². The molecule has 3 aromatic rings. The van der Waals surface area contributed by atoms with Crippen molar-refractivity contribution in [2.75, 3.05) is 5.32 Å². The van der Waals surface area contributed by atoms with Crippen LogP contribution >= 0.6 is 0 Å². The number of carbonyl (C=O) groups is 2. The number of aromatic nitrogens is 2. The molecule has 0 spiro atoms. The first-order valence-electron chi connectivity index (χ1n) is 10.5. The number of rotatable bonds is 5. The summed E-state index contributed by atoms with van der Waals surface area (Å²) >= 11 is 0. The van der Waals surface area contributed by atoms with Crippen LogP contribution in [0.1, 0.15) is 23.1 Å². The number of hydrogen-bond donors (Lipinski definition) is 1. The van der Waals surface area contributed by atoms with E-state index in [0.717, 1.165) is 22.8 Å². The molecule has 1 heterocycles. The van der Waals surface area contributed by atoms with Gasteiger partial charge < -0.3 is 5.32 Å². The molecular weight excluding hydrogens is 424 g/mol. The lowest BCUT2D eigenvalue weighted by Gasteiger charge is -2.14. The van der Waals surface area contributed by atoms with Crippen LogP contribution in [-0.2, 0) is 22.6 Å². The summed E-state index contributed by atoms with van der Waals surface area (Å²) in [5.74, 6) is -1.69. The first-order chi connectivity index (χ1) is 15.9. The predicted octanol–water partition coefficient (Wildman–Crippen LogP) is 4.61. The summed E-state index contributed by atoms with van der Waals surface area (Å²) in [4.78, 5) is 25.4. The van der Waals surface area contributed by atoms with E-state index in [4.69, 9.17) is 0 Å². The van der Waals surface area contributed by atoms with Crippen molar-refractivity contribution in [3.05, 3.63) is 112 Å². The molecular formula is C26H19F2N3O2. The fraction of sp³-hybridized carbons (Fsp3) is 0.115. The summed E-state index contributed by atoms with van der Waals surface area (Å²) in [6, 6.07) is 11.2. The van der Waals surface area contributed by atoms with Crippen molar-refractivity contribution in [3.8, 4) is 0 Å². The number of carbonyl (C=O) groups excluding carboxylic acids is 2. The molecule has 0 saturated heterocycles. The molecule has 2 aliphatic carbocycles. The zero-order valence-electron chi connectivity index (χ0n) is 17.5. The topological polar surface area (TPSA) is 64.0 Å². The van der Waals surface area contributed by atoms with Gasteiger partial charge in [-0.3, -0.25) is 14.3 Å². The van der Waals surface area contributed by atoms with Crippen LogP contribution in [0.15, 0.2) is 83.7 Å². The average molecular weight is 443 g/mol. The lowest BCUT2D eigenvalue weighted by Crippen LogP contribution is -2.18. The number of hydrogen-bond acceptors (Lipinski definition) is 3. The highest BCUT2D eigenvalue weighted by atomic mass is 19.1. The minimum atomic E-state index is -0.660. The van der Waals surface area contributed by atoms with Gasteiger partial charge in [0.2, 0.25) is 0 Å². The maximum Gasteiger partial charge on any atom is 0.255 e. The second kappa shape index (κ2) is 8.43. The quantitative estimate of drug-likeness (QED) is 0.626. The van der Waals surface area contributed by atoms with E-state index in [-0.39, 0.29) is 24.7 Å². The molecule has 1 aromatic heterocycles. The second-order valence-electron chi connectivity index (χ2n) is 8.05. The van der Waals surface area contributed by atoms with Gasteiger partial charge >= 0.3 is 0 Å². The highest BCUT2D eigenvalue weighted by Gasteiger charge is 2.24. The number of benzene rings is 2. The Bertz CT molecular complexity index is 1360. The first kappa shape index (κ1) is 20.8. The van der Waals surface area contributed by atoms with Crippen molar-refractivity contribution < 1.29 is 18.4 Å². The zero-order chi connectivity index (χ0) is 22.9. The first-order valence-corrected chi connectivity index (χ1v) is 10.5. The largest absolute Gasteiger partial charge is 0.319 e. The fourth-order valence-corrected chi connectivity index (χ4v) is 4.10. The van der Waals surface area contributed by atoms with E-state index in [2.05, 4.69) is 10.4 Å². The number of ketones is 1. The van der Waals surface area contributed by atoms with Gasteiger partial charge in [0.05, 0.1) is 18.4 Å². The van der Waals surface area contributed by atoms with Crippen molar-refractivity contribution in [1.29, 1.82) is 0 Å². The molecule has 33 heavy (non-hydrogen) atoms. The number of amides is 1. The van der Waals surface area contributed by atoms with Crippen LogP contribution in [0.25, 0.3) is 6.08 Å². The summed E-state index contributed by atoms with van der Waals surface area (Å²) in [6.45, 7) is 0.153. The summed E-state index contributed by atoms with van der Waals surface area (Å²) in [5, 5.41) is 6.91. The van der Waals surface area contributed by atoms with Crippen LogP contribution in [0.2, 0.25) is 0 Å². The Morgan fingerprint density at radius 3 is 2.67 bits per heavy atom. The summed E-state index contributed by atoms with van der Waals surface area (Å²) in [6.07, 6.45) is 9.11. The number of Topliss-reactive ketones (excluding diaryl/α,β-unsaturated/α-hetero) is 1. The SMILES string of the molecule is O=C1CC=C(C(=O)Nc2cnn(Cc3cc(F)cc(F)c3)c2)C=C1C1=Cc2ccccc2C1. The monoisotopic (exact) mass is 443 g/mol. The standard InChI is InChI=1S/C26H19F2N3O2/c27-21-7-16(8-22(28)12-21)14-31-15-23(13-29-31)30-26(33)19-5-6-25(32)24(11-19)20-9-17-3-1-2-4-18(17)10-20/h1-5,7-9,11-13,15H,6,10,14H2,(H,30,33). The van der Waals surface area contributed by atoms with Crippen LogP contribution in [0.5, 0.6) is 0 Å². The number of nitrogens with zero attached hydrogens (tertiary/aromatic N) is 2. The van der Waals surface area contributed by atoms with Gasteiger partial charge in [-0.15, -0.1) is 0 Å². The highest BCUT2D eigenvalue weighted by molar-refractivity contribution is 6.12. The van der Waals surface area contributed by atoms with Crippen molar-refractivity contribution >= 4 is 23.5 Å². The van der Waals surface area contributed by atoms with Gasteiger partial charge in [0.25, 0.3) is 5.91 Å². The van der Waals surface area contributed by atoms with Gasteiger partial charge in [0.15, 0.2) is 5.78 Å². The molecule has 1 amide bonds. The molecule has 0 atom stereocenters. The maximum absolute atomic E-state index is 13.4. The van der Waals surface area contributed by atoms with Crippen LogP contribution in [0, 0.1) is 11.6 Å². The molecule has 0 aliphatic heterocycles. The van der Waals surface area contributed by atoms with Crippen molar-refractivity contribution in [3.63, 3.8) is 0 Å². The van der Waals surface area contributed by atoms with E-state index in [1.807, 2.05) is 30.3 Å². The van der Waals surface area contributed by atoms with Crippen molar-refractivity contribution in [2.45, 2.75) is 19.4 Å². The Morgan fingerprint density at radius 2 is 1.88 bits per heavy atom. The Hall–Kier alpha value is -4.13. The third-order valence-electron chi connectivity index (χ3n) is 5.64. The number of fused-ring (bicyclic) bond motifs is 1. The molecule has 2 aromatic carbocycles. The lowest BCUT2D eigenvalue weighted by molar-refractivity contribution is -0.114. The van der Waals surface area contributed by atoms with E-state index < -0.39 is 11.6 Å². The lowest BCUT2D eigenvalue weighted by atomic mass is 9.91. The van der Waals surface area contributed by atoms with Crippen LogP contribution in [0.3, 0.4) is 0 Å². The molecule has 0 bridgehead atoms. The second-order valence-corrected chi connectivity index (χ2v) is 8.05. The molecule has 1 N–H and O–H groups in total. The summed E-state index contributed by atoms with van der Waals surface area (Å²) in [5.41, 5.74) is 4.98. The molecule has 164 valence electrons. The van der Waals surface area contributed by atoms with E-state index in [1.54, 1.807) is 18.3 Å². The van der Waals surface area contributed by atoms with Gasteiger partial charge in [-0.25, -0.2) is 8.78 Å². The molecule has 0 fully saturated rings. The maximum atomic E-state index is 13.4. The zero-order valence-corrected chi connectivity index (χ0v) is 17.5. The van der Waals surface area contributed by atoms with E-state index in [9.17, 15) is 18.4 Å². The number of nitrogens with one attached hydrogen (secondary N) is 1. The molecule has 0 radical (unpaired) electrons. The van der Waals surface area contributed by atoms with Crippen LogP contribution < -0.4 is 5.32 Å². The van der Waals surface area contributed by atoms with Crippen molar-refractivity contribution in [1.82, 2.24) is 9.78 Å². The molecule has 7 heteroatoms. The third kappa shape index (κ3) is 4.43.